The Hall–Kier alpha value is -1.65. The summed E-state index contributed by atoms with van der Waals surface area (Å²) in [5.74, 6) is 0. The predicted molar refractivity (Wildman–Crippen MR) is 69.5 cm³/mol. The average Bonchev–Trinajstić information content (AvgIpc) is 2.34. The molecule has 2 rings (SSSR count). The molecule has 0 bridgehead atoms. The summed E-state index contributed by atoms with van der Waals surface area (Å²) in [6, 6.07) is 8.01. The zero-order valence-electron chi connectivity index (χ0n) is 9.97. The Morgan fingerprint density at radius 2 is 2.28 bits per heavy atom. The van der Waals surface area contributed by atoms with Crippen molar-refractivity contribution in [2.45, 2.75) is 20.3 Å². The van der Waals surface area contributed by atoms with E-state index >= 15 is 0 Å². The zero-order chi connectivity index (χ0) is 13.0. The Morgan fingerprint density at radius 1 is 1.44 bits per heavy atom. The molecule has 0 saturated carbocycles. The van der Waals surface area contributed by atoms with Crippen LogP contribution in [-0.4, -0.2) is 9.55 Å². The first-order valence-corrected chi connectivity index (χ1v) is 5.88. The van der Waals surface area contributed by atoms with E-state index in [-0.39, 0.29) is 12.4 Å². The van der Waals surface area contributed by atoms with Gasteiger partial charge in [-0.25, -0.2) is 4.79 Å². The number of nitrogens with zero attached hydrogens (tertiary/aromatic N) is 2. The highest BCUT2D eigenvalue weighted by Gasteiger charge is 1.99. The van der Waals surface area contributed by atoms with E-state index < -0.39 is 0 Å². The third kappa shape index (κ3) is 3.42. The van der Waals surface area contributed by atoms with E-state index in [9.17, 15) is 4.79 Å². The summed E-state index contributed by atoms with van der Waals surface area (Å²) in [5.41, 5.74) is 1.87. The van der Waals surface area contributed by atoms with Gasteiger partial charge >= 0.3 is 5.69 Å². The monoisotopic (exact) mass is 264 g/mol. The lowest BCUT2D eigenvalue weighted by Crippen LogP contribution is -2.23. The van der Waals surface area contributed by atoms with Gasteiger partial charge in [0.2, 0.25) is 0 Å². The van der Waals surface area contributed by atoms with Gasteiger partial charge < -0.3 is 4.74 Å². The van der Waals surface area contributed by atoms with E-state index in [2.05, 4.69) is 4.98 Å². The molecule has 0 amide bonds. The Morgan fingerprint density at radius 3 is 3.06 bits per heavy atom. The number of benzene rings is 1. The van der Waals surface area contributed by atoms with E-state index in [1.165, 1.54) is 22.5 Å². The molecule has 0 atom stereocenters. The summed E-state index contributed by atoms with van der Waals surface area (Å²) in [5, 5.41) is 0.411. The maximum Gasteiger partial charge on any atom is 0.349 e. The van der Waals surface area contributed by atoms with E-state index in [4.69, 9.17) is 16.3 Å². The lowest BCUT2D eigenvalue weighted by molar-refractivity contribution is 0.0608. The third-order valence-corrected chi connectivity index (χ3v) is 2.60. The van der Waals surface area contributed by atoms with Gasteiger partial charge in [-0.05, 0) is 12.5 Å². The van der Waals surface area contributed by atoms with Crippen LogP contribution in [0.1, 0.15) is 11.1 Å². The number of hydrogen-bond donors (Lipinski definition) is 0. The molecule has 0 aliphatic rings. The summed E-state index contributed by atoms with van der Waals surface area (Å²) < 4.78 is 6.79. The van der Waals surface area contributed by atoms with Gasteiger partial charge in [-0.3, -0.25) is 4.57 Å². The highest BCUT2D eigenvalue weighted by molar-refractivity contribution is 6.30. The largest absolute Gasteiger partial charge is 0.356 e. The number of rotatable bonds is 4. The molecule has 0 N–H and O–H groups in total. The molecule has 0 aliphatic heterocycles. The van der Waals surface area contributed by atoms with Crippen LogP contribution in [0.4, 0.5) is 0 Å². The van der Waals surface area contributed by atoms with Crippen molar-refractivity contribution in [2.75, 3.05) is 0 Å². The quantitative estimate of drug-likeness (QED) is 0.852. The Kier molecular flexibility index (Phi) is 4.12. The zero-order valence-corrected chi connectivity index (χ0v) is 10.7. The van der Waals surface area contributed by atoms with Crippen molar-refractivity contribution in [3.8, 4) is 0 Å². The highest BCUT2D eigenvalue weighted by Crippen LogP contribution is 2.06. The lowest BCUT2D eigenvalue weighted by Gasteiger charge is -2.07. The molecule has 4 nitrogen and oxygen atoms in total. The Balaban J connectivity index is 1.96. The van der Waals surface area contributed by atoms with Crippen molar-refractivity contribution in [2.24, 2.45) is 0 Å². The van der Waals surface area contributed by atoms with Gasteiger partial charge in [0.05, 0.1) is 17.8 Å². The summed E-state index contributed by atoms with van der Waals surface area (Å²) >= 11 is 5.76. The molecule has 1 heterocycles. The number of aryl methyl sites for hydroxylation is 1. The van der Waals surface area contributed by atoms with Gasteiger partial charge in [0.15, 0.2) is 0 Å². The van der Waals surface area contributed by atoms with Gasteiger partial charge in [-0.1, -0.05) is 41.4 Å². The Labute approximate surface area is 110 Å². The van der Waals surface area contributed by atoms with Crippen LogP contribution in [0, 0.1) is 6.92 Å². The van der Waals surface area contributed by atoms with Crippen LogP contribution in [0.15, 0.2) is 41.5 Å². The van der Waals surface area contributed by atoms with Crippen LogP contribution in [0.3, 0.4) is 0 Å². The van der Waals surface area contributed by atoms with Crippen molar-refractivity contribution >= 4 is 11.6 Å². The topological polar surface area (TPSA) is 44.1 Å². The molecule has 1 aromatic carbocycles. The maximum atomic E-state index is 11.4. The van der Waals surface area contributed by atoms with Crippen LogP contribution in [0.5, 0.6) is 0 Å². The molecule has 0 radical (unpaired) electrons. The highest BCUT2D eigenvalue weighted by atomic mass is 35.5. The minimum absolute atomic E-state index is 0.139. The molecule has 0 saturated heterocycles. The normalized spacial score (nSPS) is 10.6. The number of halogens is 1. The average molecular weight is 265 g/mol. The van der Waals surface area contributed by atoms with Crippen molar-refractivity contribution < 1.29 is 4.74 Å². The fraction of sp³-hybridized carbons (Fsp3) is 0.231. The molecule has 1 aromatic heterocycles. The van der Waals surface area contributed by atoms with Gasteiger partial charge in [0.1, 0.15) is 6.73 Å². The molecular weight excluding hydrogens is 252 g/mol. The van der Waals surface area contributed by atoms with E-state index in [0.29, 0.717) is 11.6 Å². The summed E-state index contributed by atoms with van der Waals surface area (Å²) in [4.78, 5) is 15.0. The van der Waals surface area contributed by atoms with Crippen LogP contribution in [0.2, 0.25) is 5.02 Å². The second-order valence-corrected chi connectivity index (χ2v) is 4.43. The van der Waals surface area contributed by atoms with E-state index in [0.717, 1.165) is 5.56 Å². The van der Waals surface area contributed by atoms with Crippen molar-refractivity contribution in [3.05, 3.63) is 63.3 Å². The number of aromatic nitrogens is 2. The van der Waals surface area contributed by atoms with Gasteiger partial charge in [0, 0.05) is 6.20 Å². The smallest absolute Gasteiger partial charge is 0.349 e. The Bertz CT molecular complexity index is 596. The van der Waals surface area contributed by atoms with Crippen molar-refractivity contribution in [1.29, 1.82) is 0 Å². The molecule has 0 fully saturated rings. The first kappa shape index (κ1) is 12.8. The van der Waals surface area contributed by atoms with Gasteiger partial charge in [-0.2, -0.15) is 4.98 Å². The van der Waals surface area contributed by atoms with Gasteiger partial charge in [-0.15, -0.1) is 0 Å². The van der Waals surface area contributed by atoms with Crippen molar-refractivity contribution in [3.63, 3.8) is 0 Å². The molecule has 0 aliphatic carbocycles. The molecule has 2 aromatic rings. The molecule has 18 heavy (non-hydrogen) atoms. The second-order valence-electron chi connectivity index (χ2n) is 3.99. The van der Waals surface area contributed by atoms with Crippen LogP contribution >= 0.6 is 11.6 Å². The van der Waals surface area contributed by atoms with E-state index in [1.54, 1.807) is 0 Å². The van der Waals surface area contributed by atoms with Crippen LogP contribution in [0.25, 0.3) is 0 Å². The summed E-state index contributed by atoms with van der Waals surface area (Å²) in [6.07, 6.45) is 2.83. The molecule has 0 unspecified atom stereocenters. The summed E-state index contributed by atoms with van der Waals surface area (Å²) in [6.45, 7) is 2.61. The van der Waals surface area contributed by atoms with E-state index in [1.807, 2.05) is 31.2 Å². The second kappa shape index (κ2) is 5.80. The van der Waals surface area contributed by atoms with Crippen molar-refractivity contribution in [1.82, 2.24) is 9.55 Å². The minimum atomic E-state index is -0.372. The minimum Gasteiger partial charge on any atom is -0.356 e. The molecule has 0 spiro atoms. The number of ether oxygens (including phenoxy) is 1. The first-order valence-electron chi connectivity index (χ1n) is 5.50. The lowest BCUT2D eigenvalue weighted by atomic mass is 10.1. The third-order valence-electron chi connectivity index (χ3n) is 2.40. The fourth-order valence-corrected chi connectivity index (χ4v) is 1.75. The van der Waals surface area contributed by atoms with Crippen LogP contribution in [-0.2, 0) is 18.1 Å². The maximum absolute atomic E-state index is 11.4. The van der Waals surface area contributed by atoms with Gasteiger partial charge in [0.25, 0.3) is 0 Å². The molecule has 5 heteroatoms. The van der Waals surface area contributed by atoms with Crippen LogP contribution < -0.4 is 5.69 Å². The first-order chi connectivity index (χ1) is 8.65. The SMILES string of the molecule is Cc1cccc(COCn2cc(Cl)cnc2=O)c1. The number of hydrogen-bond acceptors (Lipinski definition) is 3. The summed E-state index contributed by atoms with van der Waals surface area (Å²) in [7, 11) is 0. The standard InChI is InChI=1S/C13H13ClN2O2/c1-10-3-2-4-11(5-10)8-18-9-16-7-12(14)6-15-13(16)17/h2-7H,8-9H2,1H3. The molecular formula is C13H13ClN2O2. The molecule has 94 valence electrons. The predicted octanol–water partition coefficient (Wildman–Crippen LogP) is 2.38. The fourth-order valence-electron chi connectivity index (χ4n) is 1.58.